The molecule has 3 aromatic rings. The number of aryl methyl sites for hydroxylation is 2. The van der Waals surface area contributed by atoms with E-state index in [1.807, 2.05) is 19.3 Å². The molecular formula is C23H32IN7. The van der Waals surface area contributed by atoms with Crippen molar-refractivity contribution in [2.45, 2.75) is 39.3 Å². The number of aliphatic imine (C=N–C) groups is 1. The third kappa shape index (κ3) is 5.87. The molecule has 2 aromatic heterocycles. The molecule has 7 nitrogen and oxygen atoms in total. The number of nitrogens with one attached hydrogen (secondary N) is 2. The molecule has 166 valence electrons. The Balaban J connectivity index is 0.00000272. The van der Waals surface area contributed by atoms with Crippen molar-refractivity contribution in [1.82, 2.24) is 25.2 Å². The summed E-state index contributed by atoms with van der Waals surface area (Å²) in [4.78, 5) is 15.9. The van der Waals surface area contributed by atoms with Gasteiger partial charge in [0.25, 0.3) is 0 Å². The number of imidazole rings is 1. The maximum atomic E-state index is 4.64. The number of pyridine rings is 1. The Hall–Kier alpha value is -2.36. The summed E-state index contributed by atoms with van der Waals surface area (Å²) in [5.74, 6) is 2.96. The van der Waals surface area contributed by atoms with E-state index in [9.17, 15) is 0 Å². The molecular weight excluding hydrogens is 501 g/mol. The topological polar surface area (TPSA) is 70.4 Å². The van der Waals surface area contributed by atoms with Crippen LogP contribution in [-0.2, 0) is 13.1 Å². The summed E-state index contributed by atoms with van der Waals surface area (Å²) in [6.45, 7) is 6.80. The Kier molecular flexibility index (Phi) is 8.51. The van der Waals surface area contributed by atoms with Crippen LogP contribution < -0.4 is 15.5 Å². The van der Waals surface area contributed by atoms with Crippen LogP contribution in [0.2, 0.25) is 0 Å². The van der Waals surface area contributed by atoms with Gasteiger partial charge in [-0.05, 0) is 56.0 Å². The lowest BCUT2D eigenvalue weighted by molar-refractivity contribution is 0.624. The largest absolute Gasteiger partial charge is 0.357 e. The van der Waals surface area contributed by atoms with Crippen molar-refractivity contribution in [2.75, 3.05) is 31.6 Å². The first-order valence-electron chi connectivity index (χ1n) is 10.8. The SMILES string of the molecule is CN=C(NCCCn1c(C)nc2ccccc21)NCc1ccnc(N2CCCC2)c1.I. The Labute approximate surface area is 201 Å². The summed E-state index contributed by atoms with van der Waals surface area (Å²) < 4.78 is 2.28. The van der Waals surface area contributed by atoms with Crippen LogP contribution >= 0.6 is 24.0 Å². The molecule has 1 fully saturated rings. The van der Waals surface area contributed by atoms with Crippen molar-refractivity contribution in [3.05, 3.63) is 54.0 Å². The van der Waals surface area contributed by atoms with Crippen LogP contribution in [-0.4, -0.2) is 47.2 Å². The van der Waals surface area contributed by atoms with Gasteiger partial charge in [-0.25, -0.2) is 9.97 Å². The van der Waals surface area contributed by atoms with E-state index >= 15 is 0 Å². The van der Waals surface area contributed by atoms with Gasteiger partial charge in [0.15, 0.2) is 5.96 Å². The lowest BCUT2D eigenvalue weighted by Gasteiger charge is -2.17. The second-order valence-electron chi connectivity index (χ2n) is 7.72. The number of hydrogen-bond acceptors (Lipinski definition) is 4. The number of fused-ring (bicyclic) bond motifs is 1. The fraction of sp³-hybridized carbons (Fsp3) is 0.435. The third-order valence-corrected chi connectivity index (χ3v) is 5.62. The van der Waals surface area contributed by atoms with Gasteiger partial charge in [0.05, 0.1) is 11.0 Å². The number of hydrogen-bond donors (Lipinski definition) is 2. The number of benzene rings is 1. The maximum absolute atomic E-state index is 4.64. The zero-order valence-corrected chi connectivity index (χ0v) is 20.7. The van der Waals surface area contributed by atoms with Crippen LogP contribution in [0.5, 0.6) is 0 Å². The summed E-state index contributed by atoms with van der Waals surface area (Å²) in [5, 5.41) is 6.83. The molecule has 0 aliphatic carbocycles. The molecule has 0 unspecified atom stereocenters. The van der Waals surface area contributed by atoms with Crippen LogP contribution in [0.25, 0.3) is 11.0 Å². The zero-order valence-electron chi connectivity index (χ0n) is 18.3. The van der Waals surface area contributed by atoms with Gasteiger partial charge in [-0.2, -0.15) is 0 Å². The Bertz CT molecular complexity index is 1010. The first-order chi connectivity index (χ1) is 14.7. The molecule has 1 aliphatic rings. The van der Waals surface area contributed by atoms with E-state index in [2.05, 4.69) is 72.3 Å². The van der Waals surface area contributed by atoms with Gasteiger partial charge in [-0.1, -0.05) is 12.1 Å². The number of halogens is 1. The molecule has 1 saturated heterocycles. The lowest BCUT2D eigenvalue weighted by Crippen LogP contribution is -2.37. The molecule has 1 aliphatic heterocycles. The quantitative estimate of drug-likeness (QED) is 0.210. The second-order valence-corrected chi connectivity index (χ2v) is 7.72. The molecule has 0 radical (unpaired) electrons. The van der Waals surface area contributed by atoms with Crippen molar-refractivity contribution >= 4 is 46.8 Å². The standard InChI is InChI=1S/C23H31N7.HI/c1-18-28-20-8-3-4-9-21(20)30(18)15-7-11-26-23(24-2)27-17-19-10-12-25-22(16-19)29-13-5-6-14-29;/h3-4,8-10,12,16H,5-7,11,13-15,17H2,1-2H3,(H2,24,26,27);1H. The lowest BCUT2D eigenvalue weighted by atomic mass is 10.2. The van der Waals surface area contributed by atoms with Crippen LogP contribution in [0, 0.1) is 6.92 Å². The highest BCUT2D eigenvalue weighted by atomic mass is 127. The highest BCUT2D eigenvalue weighted by molar-refractivity contribution is 14.0. The molecule has 2 N–H and O–H groups in total. The van der Waals surface area contributed by atoms with Gasteiger partial charge >= 0.3 is 0 Å². The molecule has 8 heteroatoms. The average Bonchev–Trinajstić information content (AvgIpc) is 3.41. The Morgan fingerprint density at radius 1 is 1.13 bits per heavy atom. The van der Waals surface area contributed by atoms with E-state index in [1.165, 1.54) is 23.9 Å². The molecule has 0 bridgehead atoms. The van der Waals surface area contributed by atoms with Crippen LogP contribution in [0.1, 0.15) is 30.7 Å². The predicted molar refractivity (Wildman–Crippen MR) is 138 cm³/mol. The molecule has 3 heterocycles. The van der Waals surface area contributed by atoms with Gasteiger partial charge in [0, 0.05) is 46.0 Å². The van der Waals surface area contributed by atoms with Crippen LogP contribution in [0.15, 0.2) is 47.6 Å². The molecule has 0 atom stereocenters. The van der Waals surface area contributed by atoms with E-state index in [1.54, 1.807) is 0 Å². The predicted octanol–water partition coefficient (Wildman–Crippen LogP) is 3.71. The fourth-order valence-corrected chi connectivity index (χ4v) is 4.02. The summed E-state index contributed by atoms with van der Waals surface area (Å²) in [7, 11) is 1.81. The summed E-state index contributed by atoms with van der Waals surface area (Å²) in [6, 6.07) is 12.5. The summed E-state index contributed by atoms with van der Waals surface area (Å²) in [6.07, 6.45) is 5.42. The molecule has 31 heavy (non-hydrogen) atoms. The Morgan fingerprint density at radius 3 is 2.74 bits per heavy atom. The van der Waals surface area contributed by atoms with E-state index in [-0.39, 0.29) is 24.0 Å². The van der Waals surface area contributed by atoms with Crippen molar-refractivity contribution in [1.29, 1.82) is 0 Å². The van der Waals surface area contributed by atoms with Crippen LogP contribution in [0.3, 0.4) is 0 Å². The number of rotatable bonds is 7. The van der Waals surface area contributed by atoms with Crippen molar-refractivity contribution < 1.29 is 0 Å². The van der Waals surface area contributed by atoms with Gasteiger partial charge in [0.1, 0.15) is 11.6 Å². The minimum atomic E-state index is 0. The minimum Gasteiger partial charge on any atom is -0.357 e. The monoisotopic (exact) mass is 533 g/mol. The average molecular weight is 533 g/mol. The zero-order chi connectivity index (χ0) is 20.8. The van der Waals surface area contributed by atoms with Crippen molar-refractivity contribution in [3.8, 4) is 0 Å². The molecule has 4 rings (SSSR count). The van der Waals surface area contributed by atoms with E-state index < -0.39 is 0 Å². The first kappa shape index (κ1) is 23.3. The number of nitrogens with zero attached hydrogens (tertiary/aromatic N) is 5. The third-order valence-electron chi connectivity index (χ3n) is 5.62. The maximum Gasteiger partial charge on any atom is 0.191 e. The van der Waals surface area contributed by atoms with Gasteiger partial charge < -0.3 is 20.1 Å². The normalized spacial score (nSPS) is 14.0. The number of aromatic nitrogens is 3. The number of guanidine groups is 1. The minimum absolute atomic E-state index is 0. The van der Waals surface area contributed by atoms with Gasteiger partial charge in [-0.15, -0.1) is 24.0 Å². The van der Waals surface area contributed by atoms with Crippen LogP contribution in [0.4, 0.5) is 5.82 Å². The van der Waals surface area contributed by atoms with E-state index in [4.69, 9.17) is 0 Å². The number of anilines is 1. The first-order valence-corrected chi connectivity index (χ1v) is 10.8. The summed E-state index contributed by atoms with van der Waals surface area (Å²) >= 11 is 0. The van der Waals surface area contributed by atoms with Gasteiger partial charge in [0.2, 0.25) is 0 Å². The summed E-state index contributed by atoms with van der Waals surface area (Å²) in [5.41, 5.74) is 3.48. The van der Waals surface area contributed by atoms with E-state index in [0.29, 0.717) is 0 Å². The smallest absolute Gasteiger partial charge is 0.191 e. The molecule has 0 saturated carbocycles. The highest BCUT2D eigenvalue weighted by Crippen LogP contribution is 2.18. The van der Waals surface area contributed by atoms with E-state index in [0.717, 1.165) is 62.3 Å². The number of para-hydroxylation sites is 2. The molecule has 0 amide bonds. The Morgan fingerprint density at radius 2 is 1.94 bits per heavy atom. The van der Waals surface area contributed by atoms with Gasteiger partial charge in [-0.3, -0.25) is 4.99 Å². The van der Waals surface area contributed by atoms with Crippen molar-refractivity contribution in [2.24, 2.45) is 4.99 Å². The highest BCUT2D eigenvalue weighted by Gasteiger charge is 2.13. The fourth-order valence-electron chi connectivity index (χ4n) is 4.02. The second kappa shape index (κ2) is 11.3. The molecule has 1 aromatic carbocycles. The van der Waals surface area contributed by atoms with Crippen molar-refractivity contribution in [3.63, 3.8) is 0 Å². The molecule has 0 spiro atoms.